The highest BCUT2D eigenvalue weighted by molar-refractivity contribution is 5.70. The summed E-state index contributed by atoms with van der Waals surface area (Å²) in [4.78, 5) is 25.0. The van der Waals surface area contributed by atoms with Gasteiger partial charge in [-0.1, -0.05) is 168 Å². The van der Waals surface area contributed by atoms with Gasteiger partial charge in [0.1, 0.15) is 6.61 Å². The maximum absolute atomic E-state index is 12.6. The number of rotatable bonds is 34. The average Bonchev–Trinajstić information content (AvgIpc) is 3.07. The first kappa shape index (κ1) is 42.9. The molecule has 0 aliphatic carbocycles. The van der Waals surface area contributed by atoms with Crippen LogP contribution < -0.4 is 0 Å². The van der Waals surface area contributed by atoms with E-state index in [4.69, 9.17) is 18.9 Å². The second-order valence-corrected chi connectivity index (χ2v) is 13.9. The molecule has 6 nitrogen and oxygen atoms in total. The van der Waals surface area contributed by atoms with Crippen molar-refractivity contribution >= 4 is 11.9 Å². The SMILES string of the molecule is CCCCCCCCCCCCCCCC(=O)OC[C@H](COC1CCCCO1)OC(=O)CCCCCCCCCCCCCCC. The van der Waals surface area contributed by atoms with Crippen LogP contribution in [-0.4, -0.2) is 44.2 Å². The Bertz CT molecular complexity index is 662. The Morgan fingerprint density at radius 2 is 0.957 bits per heavy atom. The summed E-state index contributed by atoms with van der Waals surface area (Å²) in [7, 11) is 0. The zero-order valence-electron chi connectivity index (χ0n) is 30.6. The molecular formula is C40H76O6. The van der Waals surface area contributed by atoms with Crippen molar-refractivity contribution in [1.29, 1.82) is 0 Å². The quantitative estimate of drug-likeness (QED) is 0.0509. The number of hydrogen-bond donors (Lipinski definition) is 0. The van der Waals surface area contributed by atoms with Gasteiger partial charge in [-0.2, -0.15) is 0 Å². The molecule has 0 N–H and O–H groups in total. The Morgan fingerprint density at radius 3 is 1.37 bits per heavy atom. The van der Waals surface area contributed by atoms with E-state index in [1.165, 1.54) is 141 Å². The lowest BCUT2D eigenvalue weighted by Crippen LogP contribution is -2.33. The van der Waals surface area contributed by atoms with E-state index in [-0.39, 0.29) is 31.4 Å². The summed E-state index contributed by atoms with van der Waals surface area (Å²) >= 11 is 0. The van der Waals surface area contributed by atoms with E-state index < -0.39 is 6.10 Å². The number of esters is 2. The average molecular weight is 653 g/mol. The largest absolute Gasteiger partial charge is 0.462 e. The Kier molecular flexibility index (Phi) is 31.5. The third-order valence-electron chi connectivity index (χ3n) is 9.30. The molecular weight excluding hydrogens is 576 g/mol. The molecule has 46 heavy (non-hydrogen) atoms. The smallest absolute Gasteiger partial charge is 0.306 e. The van der Waals surface area contributed by atoms with Gasteiger partial charge in [0.2, 0.25) is 0 Å². The summed E-state index contributed by atoms with van der Waals surface area (Å²) in [5.41, 5.74) is 0. The van der Waals surface area contributed by atoms with E-state index in [2.05, 4.69) is 13.8 Å². The molecule has 0 saturated carbocycles. The molecule has 0 aromatic carbocycles. The second kappa shape index (κ2) is 33.7. The van der Waals surface area contributed by atoms with Gasteiger partial charge >= 0.3 is 11.9 Å². The molecule has 1 heterocycles. The van der Waals surface area contributed by atoms with Crippen molar-refractivity contribution in [1.82, 2.24) is 0 Å². The zero-order chi connectivity index (χ0) is 33.2. The molecule has 6 heteroatoms. The molecule has 1 unspecified atom stereocenters. The highest BCUT2D eigenvalue weighted by Crippen LogP contribution is 2.17. The first-order valence-electron chi connectivity index (χ1n) is 20.2. The lowest BCUT2D eigenvalue weighted by molar-refractivity contribution is -0.191. The fourth-order valence-corrected chi connectivity index (χ4v) is 6.25. The van der Waals surface area contributed by atoms with Gasteiger partial charge in [0.25, 0.3) is 0 Å². The van der Waals surface area contributed by atoms with Crippen LogP contribution in [0.25, 0.3) is 0 Å². The van der Waals surface area contributed by atoms with Gasteiger partial charge in [0, 0.05) is 19.4 Å². The van der Waals surface area contributed by atoms with Crippen LogP contribution in [0.2, 0.25) is 0 Å². The van der Waals surface area contributed by atoms with E-state index in [0.717, 1.165) is 44.9 Å². The molecule has 0 amide bonds. The second-order valence-electron chi connectivity index (χ2n) is 13.9. The minimum Gasteiger partial charge on any atom is -0.462 e. The maximum atomic E-state index is 12.6. The number of hydrogen-bond acceptors (Lipinski definition) is 6. The summed E-state index contributed by atoms with van der Waals surface area (Å²) < 4.78 is 22.8. The van der Waals surface area contributed by atoms with E-state index in [1.807, 2.05) is 0 Å². The molecule has 0 spiro atoms. The predicted molar refractivity (Wildman–Crippen MR) is 191 cm³/mol. The topological polar surface area (TPSA) is 71.1 Å². The van der Waals surface area contributed by atoms with E-state index in [9.17, 15) is 9.59 Å². The van der Waals surface area contributed by atoms with E-state index in [0.29, 0.717) is 19.4 Å². The molecule has 1 aliphatic rings. The van der Waals surface area contributed by atoms with E-state index in [1.54, 1.807) is 0 Å². The molecule has 0 aromatic rings. The summed E-state index contributed by atoms with van der Waals surface area (Å²) in [6, 6.07) is 0. The Labute approximate surface area is 285 Å². The highest BCUT2D eigenvalue weighted by atomic mass is 16.7. The van der Waals surface area contributed by atoms with E-state index >= 15 is 0 Å². The molecule has 1 aliphatic heterocycles. The molecule has 1 rings (SSSR count). The zero-order valence-corrected chi connectivity index (χ0v) is 30.6. The fraction of sp³-hybridized carbons (Fsp3) is 0.950. The van der Waals surface area contributed by atoms with Gasteiger partial charge in [-0.15, -0.1) is 0 Å². The highest BCUT2D eigenvalue weighted by Gasteiger charge is 2.21. The third kappa shape index (κ3) is 29.0. The van der Waals surface area contributed by atoms with Gasteiger partial charge in [0.05, 0.1) is 6.61 Å². The normalized spacial score (nSPS) is 15.6. The van der Waals surface area contributed by atoms with Gasteiger partial charge in [-0.25, -0.2) is 0 Å². The van der Waals surface area contributed by atoms with Crippen molar-refractivity contribution in [2.75, 3.05) is 19.8 Å². The monoisotopic (exact) mass is 653 g/mol. The first-order chi connectivity index (χ1) is 22.7. The first-order valence-corrected chi connectivity index (χ1v) is 20.2. The summed E-state index contributed by atoms with van der Waals surface area (Å²) in [6.45, 7) is 5.48. The summed E-state index contributed by atoms with van der Waals surface area (Å²) in [5.74, 6) is -0.441. The van der Waals surface area contributed by atoms with Gasteiger partial charge in [-0.3, -0.25) is 9.59 Å². The predicted octanol–water partition coefficient (Wildman–Crippen LogP) is 11.9. The molecule has 2 atom stereocenters. The molecule has 0 aromatic heterocycles. The minimum atomic E-state index is -0.587. The van der Waals surface area contributed by atoms with Gasteiger partial charge in [0.15, 0.2) is 12.4 Å². The number of unbranched alkanes of at least 4 members (excludes halogenated alkanes) is 24. The fourth-order valence-electron chi connectivity index (χ4n) is 6.25. The van der Waals surface area contributed by atoms with Gasteiger partial charge in [-0.05, 0) is 32.1 Å². The van der Waals surface area contributed by atoms with Crippen LogP contribution in [0.5, 0.6) is 0 Å². The minimum absolute atomic E-state index is 0.0499. The van der Waals surface area contributed by atoms with Crippen LogP contribution in [0.4, 0.5) is 0 Å². The standard InChI is InChI=1S/C40H76O6/c1-3-5-7-9-11-13-15-17-19-21-23-25-27-31-38(41)44-35-37(36-45-40-33-29-30-34-43-40)46-39(42)32-28-26-24-22-20-18-16-14-12-10-8-6-4-2/h37,40H,3-36H2,1-2H3/t37-,40?/m1/s1. The summed E-state index contributed by atoms with van der Waals surface area (Å²) in [6.07, 6.45) is 36.1. The van der Waals surface area contributed by atoms with Crippen molar-refractivity contribution < 1.29 is 28.5 Å². The lowest BCUT2D eigenvalue weighted by atomic mass is 10.0. The van der Waals surface area contributed by atoms with Crippen molar-refractivity contribution in [3.63, 3.8) is 0 Å². The van der Waals surface area contributed by atoms with Crippen LogP contribution in [0.15, 0.2) is 0 Å². The number of carbonyl (C=O) groups is 2. The van der Waals surface area contributed by atoms with Crippen LogP contribution in [-0.2, 0) is 28.5 Å². The molecule has 1 saturated heterocycles. The van der Waals surface area contributed by atoms with Crippen molar-refractivity contribution in [2.45, 2.75) is 225 Å². The van der Waals surface area contributed by atoms with Crippen LogP contribution in [0.1, 0.15) is 213 Å². The molecule has 0 bridgehead atoms. The van der Waals surface area contributed by atoms with Crippen molar-refractivity contribution in [3.05, 3.63) is 0 Å². The number of ether oxygens (including phenoxy) is 4. The Morgan fingerprint density at radius 1 is 0.543 bits per heavy atom. The molecule has 0 radical (unpaired) electrons. The number of carbonyl (C=O) groups excluding carboxylic acids is 2. The lowest BCUT2D eigenvalue weighted by Gasteiger charge is -2.25. The van der Waals surface area contributed by atoms with Crippen LogP contribution in [0.3, 0.4) is 0 Å². The maximum Gasteiger partial charge on any atom is 0.306 e. The van der Waals surface area contributed by atoms with Gasteiger partial charge < -0.3 is 18.9 Å². The molecule has 1 fully saturated rings. The Balaban J connectivity index is 2.13. The third-order valence-corrected chi connectivity index (χ3v) is 9.30. The summed E-state index contributed by atoms with van der Waals surface area (Å²) in [5, 5.41) is 0. The van der Waals surface area contributed by atoms with Crippen LogP contribution >= 0.6 is 0 Å². The van der Waals surface area contributed by atoms with Crippen molar-refractivity contribution in [2.24, 2.45) is 0 Å². The van der Waals surface area contributed by atoms with Crippen molar-refractivity contribution in [3.8, 4) is 0 Å². The molecule has 272 valence electrons. The Hall–Kier alpha value is -1.14. The van der Waals surface area contributed by atoms with Crippen LogP contribution in [0, 0.1) is 0 Å².